The van der Waals surface area contributed by atoms with Gasteiger partial charge in [-0.3, -0.25) is 9.78 Å². The minimum atomic E-state index is -0.375. The van der Waals surface area contributed by atoms with E-state index in [2.05, 4.69) is 48.7 Å². The monoisotopic (exact) mass is 522 g/mol. The van der Waals surface area contributed by atoms with Crippen LogP contribution in [0.1, 0.15) is 31.7 Å². The topological polar surface area (TPSA) is 124 Å². The minimum absolute atomic E-state index is 0.0780. The number of nitrogens with two attached hydrogens (primary N) is 1. The fourth-order valence-corrected chi connectivity index (χ4v) is 5.33. The van der Waals surface area contributed by atoms with Crippen molar-refractivity contribution in [1.29, 1.82) is 0 Å². The van der Waals surface area contributed by atoms with E-state index in [0.29, 0.717) is 22.7 Å². The highest BCUT2D eigenvalue weighted by Crippen LogP contribution is 2.39. The summed E-state index contributed by atoms with van der Waals surface area (Å²) in [6.45, 7) is 2.54. The Bertz CT molecular complexity index is 1390. The number of pyridine rings is 1. The number of benzene rings is 1. The van der Waals surface area contributed by atoms with E-state index in [1.165, 1.54) is 0 Å². The quantitative estimate of drug-likeness (QED) is 0.354. The first-order valence-corrected chi connectivity index (χ1v) is 12.2. The number of fused-ring (bicyclic) bond motifs is 2. The average molecular weight is 523 g/mol. The van der Waals surface area contributed by atoms with Crippen LogP contribution in [0.25, 0.3) is 27.6 Å². The molecule has 34 heavy (non-hydrogen) atoms. The van der Waals surface area contributed by atoms with Crippen LogP contribution < -0.4 is 16.4 Å². The van der Waals surface area contributed by atoms with Gasteiger partial charge in [-0.1, -0.05) is 13.0 Å². The van der Waals surface area contributed by atoms with Crippen LogP contribution in [0.4, 0.5) is 5.95 Å². The molecule has 1 aliphatic rings. The Morgan fingerprint density at radius 2 is 2.21 bits per heavy atom. The Balaban J connectivity index is 1.52. The lowest BCUT2D eigenvalue weighted by Gasteiger charge is -2.22. The lowest BCUT2D eigenvalue weighted by Crippen LogP contribution is -2.35. The summed E-state index contributed by atoms with van der Waals surface area (Å²) in [6, 6.07) is 8.22. The minimum Gasteiger partial charge on any atom is -0.359 e. The molecule has 0 saturated heterocycles. The summed E-state index contributed by atoms with van der Waals surface area (Å²) in [5.74, 6) is 0.603. The number of nitrogens with zero attached hydrogens (tertiary/aromatic N) is 5. The van der Waals surface area contributed by atoms with Crippen LogP contribution in [-0.2, 0) is 11.2 Å². The van der Waals surface area contributed by atoms with Gasteiger partial charge in [-0.2, -0.15) is 10.1 Å². The number of carbonyl (C=O) groups is 1. The Hall–Kier alpha value is -3.11. The number of anilines is 1. The molecule has 1 aliphatic carbocycles. The number of amides is 1. The molecule has 4 N–H and O–H groups in total. The number of rotatable bonds is 6. The summed E-state index contributed by atoms with van der Waals surface area (Å²) < 4.78 is 2.50. The zero-order valence-electron chi connectivity index (χ0n) is 19.2. The molecule has 0 unspecified atom stereocenters. The van der Waals surface area contributed by atoms with E-state index < -0.39 is 0 Å². The molecule has 176 valence electrons. The summed E-state index contributed by atoms with van der Waals surface area (Å²) in [4.78, 5) is 26.2. The summed E-state index contributed by atoms with van der Waals surface area (Å²) in [5, 5.41) is 12.8. The van der Waals surface area contributed by atoms with Crippen molar-refractivity contribution in [2.45, 2.75) is 38.6 Å². The van der Waals surface area contributed by atoms with E-state index in [0.717, 1.165) is 53.2 Å². The third-order valence-electron chi connectivity index (χ3n) is 6.66. The highest BCUT2D eigenvalue weighted by Gasteiger charge is 2.40. The third kappa shape index (κ3) is 4.01. The van der Waals surface area contributed by atoms with Crippen molar-refractivity contribution in [3.8, 4) is 5.69 Å². The van der Waals surface area contributed by atoms with Crippen molar-refractivity contribution >= 4 is 49.7 Å². The summed E-state index contributed by atoms with van der Waals surface area (Å²) in [7, 11) is 1.69. The Morgan fingerprint density at radius 1 is 1.35 bits per heavy atom. The Morgan fingerprint density at radius 3 is 3.00 bits per heavy atom. The van der Waals surface area contributed by atoms with E-state index >= 15 is 0 Å². The maximum atomic E-state index is 12.3. The molecule has 0 spiro atoms. The predicted molar refractivity (Wildman–Crippen MR) is 136 cm³/mol. The van der Waals surface area contributed by atoms with Gasteiger partial charge in [0.1, 0.15) is 4.60 Å². The number of halogens is 1. The molecule has 5 rings (SSSR count). The highest BCUT2D eigenvalue weighted by molar-refractivity contribution is 9.10. The normalized spacial score (nSPS) is 20.2. The van der Waals surface area contributed by atoms with Crippen molar-refractivity contribution in [2.24, 2.45) is 11.1 Å². The molecule has 1 fully saturated rings. The van der Waals surface area contributed by atoms with Gasteiger partial charge in [0.25, 0.3) is 0 Å². The molecule has 9 nitrogen and oxygen atoms in total. The molecule has 0 aliphatic heterocycles. The van der Waals surface area contributed by atoms with Gasteiger partial charge >= 0.3 is 0 Å². The molecule has 4 aromatic rings. The summed E-state index contributed by atoms with van der Waals surface area (Å²) in [5.41, 5.74) is 9.09. The molecule has 2 atom stereocenters. The van der Waals surface area contributed by atoms with E-state index in [1.807, 2.05) is 23.7 Å². The molecule has 1 aromatic carbocycles. The fourth-order valence-electron chi connectivity index (χ4n) is 4.89. The molecule has 3 heterocycles. The van der Waals surface area contributed by atoms with Crippen LogP contribution in [0.2, 0.25) is 0 Å². The van der Waals surface area contributed by atoms with Gasteiger partial charge in [-0.15, -0.1) is 0 Å². The maximum absolute atomic E-state index is 12.3. The van der Waals surface area contributed by atoms with Crippen molar-refractivity contribution in [3.05, 3.63) is 46.8 Å². The van der Waals surface area contributed by atoms with Crippen LogP contribution in [0.3, 0.4) is 0 Å². The van der Waals surface area contributed by atoms with Gasteiger partial charge in [-0.25, -0.2) is 9.67 Å². The second kappa shape index (κ2) is 8.92. The van der Waals surface area contributed by atoms with Gasteiger partial charge in [0.05, 0.1) is 16.6 Å². The molecule has 10 heteroatoms. The first kappa shape index (κ1) is 22.7. The van der Waals surface area contributed by atoms with Crippen molar-refractivity contribution in [3.63, 3.8) is 0 Å². The van der Waals surface area contributed by atoms with Gasteiger partial charge in [0, 0.05) is 36.3 Å². The van der Waals surface area contributed by atoms with E-state index in [4.69, 9.17) is 15.8 Å². The molecular formula is C24H27BrN8O. The fraction of sp³-hybridized carbons (Fsp3) is 0.375. The van der Waals surface area contributed by atoms with Crippen molar-refractivity contribution in [1.82, 2.24) is 30.0 Å². The highest BCUT2D eigenvalue weighted by atomic mass is 79.9. The first-order valence-electron chi connectivity index (χ1n) is 11.4. The van der Waals surface area contributed by atoms with E-state index in [9.17, 15) is 4.79 Å². The molecular weight excluding hydrogens is 496 g/mol. The van der Waals surface area contributed by atoms with Gasteiger partial charge in [0.2, 0.25) is 11.9 Å². The smallest absolute Gasteiger partial charge is 0.225 e. The van der Waals surface area contributed by atoms with Crippen LogP contribution in [0, 0.1) is 5.41 Å². The molecule has 1 amide bonds. The zero-order valence-corrected chi connectivity index (χ0v) is 20.8. The second-order valence-corrected chi connectivity index (χ2v) is 9.83. The summed E-state index contributed by atoms with van der Waals surface area (Å²) >= 11 is 3.56. The second-order valence-electron chi connectivity index (χ2n) is 9.08. The SMILES string of the molecule is CNC(=O)[C@]1(C)CC[C@@H](Nc2ncc3c(Br)nn(-c4cc(CCN)c5ncccc5c4)c3n2)C1. The average Bonchev–Trinajstić information content (AvgIpc) is 3.38. The molecule has 1 saturated carbocycles. The Kier molecular flexibility index (Phi) is 5.95. The maximum Gasteiger partial charge on any atom is 0.225 e. The van der Waals surface area contributed by atoms with Gasteiger partial charge < -0.3 is 16.4 Å². The van der Waals surface area contributed by atoms with Crippen LogP contribution in [-0.4, -0.2) is 50.3 Å². The standard InChI is InChI=1S/C24H27BrN8O/c1-24(22(34)27-2)7-5-16(12-24)30-23-29-13-18-20(25)32-33(21(18)31-23)17-10-14-4-3-9-28-19(14)15(11-17)6-8-26/h3-4,9-11,13,16H,5-8,12,26H2,1-2H3,(H,27,34)(H,29,30,31)/t16-,24-/m1/s1. The number of nitrogens with one attached hydrogen (secondary N) is 2. The van der Waals surface area contributed by atoms with Crippen LogP contribution >= 0.6 is 15.9 Å². The lowest BCUT2D eigenvalue weighted by atomic mass is 9.87. The molecule has 3 aromatic heterocycles. The lowest BCUT2D eigenvalue weighted by molar-refractivity contribution is -0.129. The van der Waals surface area contributed by atoms with Gasteiger partial charge in [0.15, 0.2) is 5.65 Å². The first-order chi connectivity index (χ1) is 16.4. The van der Waals surface area contributed by atoms with Crippen molar-refractivity contribution < 1.29 is 4.79 Å². The molecule has 0 bridgehead atoms. The number of aromatic nitrogens is 5. The number of hydrogen-bond donors (Lipinski definition) is 3. The Labute approximate surface area is 205 Å². The van der Waals surface area contributed by atoms with E-state index in [-0.39, 0.29) is 17.4 Å². The predicted octanol–water partition coefficient (Wildman–Crippen LogP) is 3.34. The number of carbonyl (C=O) groups excluding carboxylic acids is 1. The number of hydrogen-bond acceptors (Lipinski definition) is 7. The van der Waals surface area contributed by atoms with Crippen LogP contribution in [0.15, 0.2) is 41.3 Å². The molecule has 0 radical (unpaired) electrons. The van der Waals surface area contributed by atoms with Gasteiger partial charge in [-0.05, 0) is 71.9 Å². The largest absolute Gasteiger partial charge is 0.359 e. The van der Waals surface area contributed by atoms with Crippen LogP contribution in [0.5, 0.6) is 0 Å². The zero-order chi connectivity index (χ0) is 23.9. The van der Waals surface area contributed by atoms with Crippen molar-refractivity contribution in [2.75, 3.05) is 18.9 Å². The third-order valence-corrected chi connectivity index (χ3v) is 7.24. The van der Waals surface area contributed by atoms with E-state index in [1.54, 1.807) is 19.4 Å². The summed E-state index contributed by atoms with van der Waals surface area (Å²) in [6.07, 6.45) is 6.73.